The highest BCUT2D eigenvalue weighted by Crippen LogP contribution is 2.16. The van der Waals surface area contributed by atoms with Crippen LogP contribution in [-0.4, -0.2) is 28.7 Å². The van der Waals surface area contributed by atoms with Crippen molar-refractivity contribution in [2.24, 2.45) is 0 Å². The van der Waals surface area contributed by atoms with E-state index in [1.54, 1.807) is 43.3 Å². The third kappa shape index (κ3) is 4.27. The Balaban J connectivity index is 2.01. The van der Waals surface area contributed by atoms with E-state index in [1.165, 1.54) is 6.92 Å². The predicted molar refractivity (Wildman–Crippen MR) is 82.0 cm³/mol. The van der Waals surface area contributed by atoms with E-state index in [2.05, 4.69) is 20.8 Å². The van der Waals surface area contributed by atoms with E-state index in [-0.39, 0.29) is 11.9 Å². The molecule has 7 heteroatoms. The fraction of sp³-hybridized carbons (Fsp3) is 0.200. The standard InChI is InChI=1S/C15H16N4O3/c1-3-22-15(21)11-4-6-12(7-5-11)17-14-9-8-13(18-19-14)16-10(2)20/h4-9H,3H2,1-2H3,(H,17,19)(H,16,18,20). The lowest BCUT2D eigenvalue weighted by Gasteiger charge is -2.07. The lowest BCUT2D eigenvalue weighted by atomic mass is 10.2. The van der Waals surface area contributed by atoms with Gasteiger partial charge in [-0.2, -0.15) is 0 Å². The van der Waals surface area contributed by atoms with E-state index in [0.29, 0.717) is 23.8 Å². The molecule has 1 aromatic heterocycles. The smallest absolute Gasteiger partial charge is 0.338 e. The third-order valence-electron chi connectivity index (χ3n) is 2.64. The highest BCUT2D eigenvalue weighted by molar-refractivity contribution is 5.90. The van der Waals surface area contributed by atoms with Crippen molar-refractivity contribution < 1.29 is 14.3 Å². The number of rotatable bonds is 5. The topological polar surface area (TPSA) is 93.2 Å². The fourth-order valence-corrected chi connectivity index (χ4v) is 1.70. The quantitative estimate of drug-likeness (QED) is 0.823. The summed E-state index contributed by atoms with van der Waals surface area (Å²) in [5.74, 6) is 0.353. The molecule has 0 spiro atoms. The van der Waals surface area contributed by atoms with E-state index < -0.39 is 0 Å². The third-order valence-corrected chi connectivity index (χ3v) is 2.64. The summed E-state index contributed by atoms with van der Waals surface area (Å²) in [6.45, 7) is 3.51. The van der Waals surface area contributed by atoms with Gasteiger partial charge in [0.25, 0.3) is 0 Å². The first-order valence-electron chi connectivity index (χ1n) is 6.74. The van der Waals surface area contributed by atoms with Crippen LogP contribution in [-0.2, 0) is 9.53 Å². The number of hydrogen-bond acceptors (Lipinski definition) is 6. The summed E-state index contributed by atoms with van der Waals surface area (Å²) < 4.78 is 4.91. The molecule has 114 valence electrons. The highest BCUT2D eigenvalue weighted by Gasteiger charge is 2.06. The number of nitrogens with zero attached hydrogens (tertiary/aromatic N) is 2. The number of carbonyl (C=O) groups excluding carboxylic acids is 2. The van der Waals surface area contributed by atoms with Gasteiger partial charge in [-0.05, 0) is 43.3 Å². The zero-order chi connectivity index (χ0) is 15.9. The van der Waals surface area contributed by atoms with E-state index in [0.717, 1.165) is 5.69 Å². The van der Waals surface area contributed by atoms with Crippen molar-refractivity contribution in [3.8, 4) is 0 Å². The Labute approximate surface area is 127 Å². The molecule has 2 aromatic rings. The summed E-state index contributed by atoms with van der Waals surface area (Å²) in [5, 5.41) is 13.4. The van der Waals surface area contributed by atoms with Crippen molar-refractivity contribution in [2.45, 2.75) is 13.8 Å². The summed E-state index contributed by atoms with van der Waals surface area (Å²) in [6.07, 6.45) is 0. The van der Waals surface area contributed by atoms with Gasteiger partial charge in [0.1, 0.15) is 0 Å². The first-order valence-corrected chi connectivity index (χ1v) is 6.74. The van der Waals surface area contributed by atoms with Crippen LogP contribution in [0, 0.1) is 0 Å². The Morgan fingerprint density at radius 3 is 2.23 bits per heavy atom. The molecule has 7 nitrogen and oxygen atoms in total. The molecule has 0 saturated heterocycles. The number of esters is 1. The SMILES string of the molecule is CCOC(=O)c1ccc(Nc2ccc(NC(C)=O)nn2)cc1. The largest absolute Gasteiger partial charge is 0.462 e. The number of amides is 1. The van der Waals surface area contributed by atoms with Gasteiger partial charge in [-0.15, -0.1) is 10.2 Å². The predicted octanol–water partition coefficient (Wildman–Crippen LogP) is 2.36. The van der Waals surface area contributed by atoms with Crippen LogP contribution in [0.15, 0.2) is 36.4 Å². The summed E-state index contributed by atoms with van der Waals surface area (Å²) in [6, 6.07) is 10.2. The van der Waals surface area contributed by atoms with Crippen molar-refractivity contribution in [2.75, 3.05) is 17.2 Å². The molecule has 0 saturated carbocycles. The van der Waals surface area contributed by atoms with E-state index in [1.807, 2.05) is 0 Å². The molecule has 0 atom stereocenters. The minimum Gasteiger partial charge on any atom is -0.462 e. The second-order valence-electron chi connectivity index (χ2n) is 4.41. The molecule has 2 N–H and O–H groups in total. The van der Waals surface area contributed by atoms with Gasteiger partial charge in [0, 0.05) is 12.6 Å². The molecule has 0 aliphatic heterocycles. The average Bonchev–Trinajstić information content (AvgIpc) is 2.50. The van der Waals surface area contributed by atoms with E-state index in [4.69, 9.17) is 4.74 Å². The number of hydrogen-bond donors (Lipinski definition) is 2. The minimum absolute atomic E-state index is 0.204. The van der Waals surface area contributed by atoms with E-state index >= 15 is 0 Å². The van der Waals surface area contributed by atoms with Crippen LogP contribution in [0.5, 0.6) is 0 Å². The Bertz CT molecular complexity index is 653. The zero-order valence-electron chi connectivity index (χ0n) is 12.3. The number of carbonyl (C=O) groups is 2. The zero-order valence-corrected chi connectivity index (χ0v) is 12.3. The van der Waals surface area contributed by atoms with Gasteiger partial charge in [-0.1, -0.05) is 0 Å². The second-order valence-corrected chi connectivity index (χ2v) is 4.41. The number of ether oxygens (including phenoxy) is 1. The van der Waals surface area contributed by atoms with Crippen molar-refractivity contribution in [3.05, 3.63) is 42.0 Å². The maximum atomic E-state index is 11.5. The van der Waals surface area contributed by atoms with Gasteiger partial charge < -0.3 is 15.4 Å². The monoisotopic (exact) mass is 300 g/mol. The molecule has 0 radical (unpaired) electrons. The van der Waals surface area contributed by atoms with Crippen LogP contribution in [0.4, 0.5) is 17.3 Å². The van der Waals surface area contributed by atoms with Crippen LogP contribution in [0.3, 0.4) is 0 Å². The van der Waals surface area contributed by atoms with Gasteiger partial charge in [0.2, 0.25) is 5.91 Å². The number of nitrogens with one attached hydrogen (secondary N) is 2. The van der Waals surface area contributed by atoms with Gasteiger partial charge in [-0.25, -0.2) is 4.79 Å². The molecule has 0 unspecified atom stereocenters. The van der Waals surface area contributed by atoms with Gasteiger partial charge in [-0.3, -0.25) is 4.79 Å². The average molecular weight is 300 g/mol. The number of benzene rings is 1. The Kier molecular flexibility index (Phi) is 5.02. The molecule has 0 bridgehead atoms. The summed E-state index contributed by atoms with van der Waals surface area (Å²) in [4.78, 5) is 22.4. The first kappa shape index (κ1) is 15.4. The molecule has 0 aliphatic rings. The molecule has 1 aromatic carbocycles. The first-order chi connectivity index (χ1) is 10.6. The lowest BCUT2D eigenvalue weighted by molar-refractivity contribution is -0.114. The number of anilines is 3. The normalized spacial score (nSPS) is 9.91. The Morgan fingerprint density at radius 1 is 1.05 bits per heavy atom. The summed E-state index contributed by atoms with van der Waals surface area (Å²) >= 11 is 0. The van der Waals surface area contributed by atoms with Crippen molar-refractivity contribution >= 4 is 29.2 Å². The lowest BCUT2D eigenvalue weighted by Crippen LogP contribution is -2.08. The molecule has 2 rings (SSSR count). The fourth-order valence-electron chi connectivity index (χ4n) is 1.70. The van der Waals surface area contributed by atoms with Crippen LogP contribution in [0.1, 0.15) is 24.2 Å². The van der Waals surface area contributed by atoms with Gasteiger partial charge in [0.05, 0.1) is 12.2 Å². The molecule has 0 fully saturated rings. The molecular formula is C15H16N4O3. The number of aromatic nitrogens is 2. The van der Waals surface area contributed by atoms with Crippen molar-refractivity contribution in [1.29, 1.82) is 0 Å². The van der Waals surface area contributed by atoms with Gasteiger partial charge >= 0.3 is 5.97 Å². The second kappa shape index (κ2) is 7.16. The van der Waals surface area contributed by atoms with Gasteiger partial charge in [0.15, 0.2) is 11.6 Å². The van der Waals surface area contributed by atoms with Crippen LogP contribution >= 0.6 is 0 Å². The van der Waals surface area contributed by atoms with Crippen LogP contribution < -0.4 is 10.6 Å². The summed E-state index contributed by atoms with van der Waals surface area (Å²) in [5.41, 5.74) is 1.24. The maximum absolute atomic E-state index is 11.5. The highest BCUT2D eigenvalue weighted by atomic mass is 16.5. The van der Waals surface area contributed by atoms with Crippen molar-refractivity contribution in [1.82, 2.24) is 10.2 Å². The van der Waals surface area contributed by atoms with Crippen LogP contribution in [0.2, 0.25) is 0 Å². The molecule has 1 amide bonds. The van der Waals surface area contributed by atoms with E-state index in [9.17, 15) is 9.59 Å². The van der Waals surface area contributed by atoms with Crippen LogP contribution in [0.25, 0.3) is 0 Å². The molecule has 1 heterocycles. The molecule has 22 heavy (non-hydrogen) atoms. The Hall–Kier alpha value is -2.96. The van der Waals surface area contributed by atoms with Crippen molar-refractivity contribution in [3.63, 3.8) is 0 Å². The maximum Gasteiger partial charge on any atom is 0.338 e. The molecule has 0 aliphatic carbocycles. The Morgan fingerprint density at radius 2 is 1.68 bits per heavy atom. The minimum atomic E-state index is -0.353. The molecular weight excluding hydrogens is 284 g/mol. The summed E-state index contributed by atoms with van der Waals surface area (Å²) in [7, 11) is 0.